The van der Waals surface area contributed by atoms with Crippen LogP contribution in [0.3, 0.4) is 0 Å². The predicted molar refractivity (Wildman–Crippen MR) is 125 cm³/mol. The van der Waals surface area contributed by atoms with Crippen molar-refractivity contribution in [2.75, 3.05) is 23.3 Å². The quantitative estimate of drug-likeness (QED) is 0.493. The van der Waals surface area contributed by atoms with E-state index in [2.05, 4.69) is 5.32 Å². The van der Waals surface area contributed by atoms with Gasteiger partial charge in [0.15, 0.2) is 0 Å². The van der Waals surface area contributed by atoms with Crippen molar-refractivity contribution < 1.29 is 22.8 Å². The number of nitrogens with one attached hydrogen (secondary N) is 1. The molecular weight excluding hydrogens is 443 g/mol. The summed E-state index contributed by atoms with van der Waals surface area (Å²) in [6.45, 7) is 3.78. The highest BCUT2D eigenvalue weighted by Crippen LogP contribution is 2.31. The number of halogens is 3. The lowest BCUT2D eigenvalue weighted by molar-refractivity contribution is -0.137. The number of rotatable bonds is 5. The Hall–Kier alpha value is -3.81. The summed E-state index contributed by atoms with van der Waals surface area (Å²) in [5.41, 5.74) is 2.39. The van der Waals surface area contributed by atoms with Crippen LogP contribution < -0.4 is 10.2 Å². The summed E-state index contributed by atoms with van der Waals surface area (Å²) in [4.78, 5) is 29.1. The van der Waals surface area contributed by atoms with Crippen molar-refractivity contribution in [1.29, 1.82) is 0 Å². The van der Waals surface area contributed by atoms with Gasteiger partial charge in [-0.05, 0) is 66.9 Å². The molecule has 0 aliphatic carbocycles. The fourth-order valence-electron chi connectivity index (χ4n) is 3.93. The van der Waals surface area contributed by atoms with Gasteiger partial charge in [0.1, 0.15) is 0 Å². The van der Waals surface area contributed by atoms with E-state index in [1.165, 1.54) is 12.1 Å². The lowest BCUT2D eigenvalue weighted by Gasteiger charge is -2.36. The summed E-state index contributed by atoms with van der Waals surface area (Å²) < 4.78 is 38.7. The van der Waals surface area contributed by atoms with Gasteiger partial charge in [0.25, 0.3) is 5.91 Å². The van der Waals surface area contributed by atoms with Gasteiger partial charge < -0.3 is 10.2 Å². The van der Waals surface area contributed by atoms with Gasteiger partial charge in [0.05, 0.1) is 5.56 Å². The third-order valence-corrected chi connectivity index (χ3v) is 5.82. The minimum Gasteiger partial charge on any atom is -0.322 e. The molecule has 1 aliphatic rings. The average Bonchev–Trinajstić information content (AvgIpc) is 2.81. The van der Waals surface area contributed by atoms with Crippen LogP contribution in [0.2, 0.25) is 0 Å². The number of anilines is 2. The first-order valence-corrected chi connectivity index (χ1v) is 10.9. The Bertz CT molecular complexity index is 1190. The molecule has 3 amide bonds. The zero-order chi connectivity index (χ0) is 24.3. The Balaban J connectivity index is 1.44. The van der Waals surface area contributed by atoms with Crippen molar-refractivity contribution in [1.82, 2.24) is 4.90 Å². The highest BCUT2D eigenvalue weighted by molar-refractivity contribution is 6.04. The van der Waals surface area contributed by atoms with Crippen LogP contribution in [0.25, 0.3) is 0 Å². The molecule has 0 atom stereocenters. The third-order valence-electron chi connectivity index (χ3n) is 5.82. The standard InChI is InChI=1S/C26H24F3N3O2/c1-18-6-2-3-7-20(18)17-31-14-5-15-32(25(31)34)23-12-10-19(11-13-23)24(33)30-22-9-4-8-21(16-22)26(27,28)29/h2-4,6-13,16H,5,14-15,17H2,1H3,(H,30,33). The first kappa shape index (κ1) is 23.4. The number of hydrogen-bond donors (Lipinski definition) is 1. The molecule has 1 aliphatic heterocycles. The van der Waals surface area contributed by atoms with Gasteiger partial charge in [0, 0.05) is 36.6 Å². The topological polar surface area (TPSA) is 52.6 Å². The number of aryl methyl sites for hydroxylation is 1. The number of benzene rings is 3. The highest BCUT2D eigenvalue weighted by atomic mass is 19.4. The summed E-state index contributed by atoms with van der Waals surface area (Å²) in [5.74, 6) is -0.531. The van der Waals surface area contributed by atoms with E-state index in [-0.39, 0.29) is 17.3 Å². The second-order valence-electron chi connectivity index (χ2n) is 8.22. The first-order chi connectivity index (χ1) is 16.2. The number of urea groups is 1. The van der Waals surface area contributed by atoms with Crippen molar-refractivity contribution in [3.63, 3.8) is 0 Å². The van der Waals surface area contributed by atoms with Gasteiger partial charge in [-0.3, -0.25) is 9.69 Å². The fraction of sp³-hybridized carbons (Fsp3) is 0.231. The van der Waals surface area contributed by atoms with Crippen LogP contribution in [0.15, 0.2) is 72.8 Å². The van der Waals surface area contributed by atoms with Gasteiger partial charge >= 0.3 is 12.2 Å². The largest absolute Gasteiger partial charge is 0.416 e. The lowest BCUT2D eigenvalue weighted by atomic mass is 10.1. The molecule has 1 fully saturated rings. The van der Waals surface area contributed by atoms with Crippen LogP contribution in [-0.4, -0.2) is 29.9 Å². The maximum atomic E-state index is 13.1. The number of nitrogens with zero attached hydrogens (tertiary/aromatic N) is 2. The van der Waals surface area contributed by atoms with Crippen molar-refractivity contribution in [3.05, 3.63) is 95.1 Å². The molecule has 3 aromatic carbocycles. The molecule has 0 unspecified atom stereocenters. The Morgan fingerprint density at radius 2 is 1.71 bits per heavy atom. The zero-order valence-corrected chi connectivity index (χ0v) is 18.6. The van der Waals surface area contributed by atoms with Crippen molar-refractivity contribution in [2.24, 2.45) is 0 Å². The van der Waals surface area contributed by atoms with E-state index in [1.54, 1.807) is 34.1 Å². The van der Waals surface area contributed by atoms with E-state index < -0.39 is 17.6 Å². The molecule has 1 heterocycles. The molecule has 1 N–H and O–H groups in total. The molecule has 0 spiro atoms. The van der Waals surface area contributed by atoms with E-state index in [1.807, 2.05) is 31.2 Å². The maximum absolute atomic E-state index is 13.1. The Labute approximate surface area is 195 Å². The summed E-state index contributed by atoms with van der Waals surface area (Å²) >= 11 is 0. The average molecular weight is 467 g/mol. The van der Waals surface area contributed by atoms with Crippen LogP contribution in [0.5, 0.6) is 0 Å². The minimum atomic E-state index is -4.49. The molecule has 1 saturated heterocycles. The van der Waals surface area contributed by atoms with Crippen LogP contribution >= 0.6 is 0 Å². The van der Waals surface area contributed by atoms with E-state index in [4.69, 9.17) is 0 Å². The first-order valence-electron chi connectivity index (χ1n) is 10.9. The minimum absolute atomic E-state index is 0.0574. The van der Waals surface area contributed by atoms with Gasteiger partial charge in [-0.1, -0.05) is 30.3 Å². The Morgan fingerprint density at radius 1 is 0.971 bits per heavy atom. The van der Waals surface area contributed by atoms with Crippen LogP contribution in [-0.2, 0) is 12.7 Å². The summed E-state index contributed by atoms with van der Waals surface area (Å²) in [6.07, 6.45) is -3.67. The van der Waals surface area contributed by atoms with Crippen LogP contribution in [0, 0.1) is 6.92 Å². The third kappa shape index (κ3) is 5.22. The van der Waals surface area contributed by atoms with E-state index >= 15 is 0 Å². The summed E-state index contributed by atoms with van der Waals surface area (Å²) in [7, 11) is 0. The SMILES string of the molecule is Cc1ccccc1CN1CCCN(c2ccc(C(=O)Nc3cccc(C(F)(F)F)c3)cc2)C1=O. The number of hydrogen-bond acceptors (Lipinski definition) is 2. The predicted octanol–water partition coefficient (Wildman–Crippen LogP) is 6.10. The van der Waals surface area contributed by atoms with Crippen molar-refractivity contribution >= 4 is 23.3 Å². The Morgan fingerprint density at radius 3 is 2.41 bits per heavy atom. The zero-order valence-electron chi connectivity index (χ0n) is 18.6. The molecule has 0 bridgehead atoms. The van der Waals surface area contributed by atoms with Gasteiger partial charge in [-0.15, -0.1) is 0 Å². The molecule has 0 aromatic heterocycles. The smallest absolute Gasteiger partial charge is 0.322 e. The molecule has 4 rings (SSSR count). The number of amides is 3. The summed E-state index contributed by atoms with van der Waals surface area (Å²) in [5, 5.41) is 2.49. The lowest BCUT2D eigenvalue weighted by Crippen LogP contribution is -2.49. The van der Waals surface area contributed by atoms with Crippen LogP contribution in [0.1, 0.15) is 33.5 Å². The maximum Gasteiger partial charge on any atom is 0.416 e. The molecule has 8 heteroatoms. The van der Waals surface area contributed by atoms with E-state index in [9.17, 15) is 22.8 Å². The second-order valence-corrected chi connectivity index (χ2v) is 8.22. The Kier molecular flexibility index (Phi) is 6.58. The second kappa shape index (κ2) is 9.59. The van der Waals surface area contributed by atoms with Crippen molar-refractivity contribution in [3.8, 4) is 0 Å². The summed E-state index contributed by atoms with van der Waals surface area (Å²) in [6, 6.07) is 18.8. The highest BCUT2D eigenvalue weighted by Gasteiger charge is 2.30. The molecule has 176 valence electrons. The van der Waals surface area contributed by atoms with Gasteiger partial charge in [-0.25, -0.2) is 4.79 Å². The van der Waals surface area contributed by atoms with Gasteiger partial charge in [-0.2, -0.15) is 13.2 Å². The molecular formula is C26H24F3N3O2. The number of carbonyl (C=O) groups excluding carboxylic acids is 2. The number of carbonyl (C=O) groups is 2. The van der Waals surface area contributed by atoms with Crippen molar-refractivity contribution in [2.45, 2.75) is 26.1 Å². The monoisotopic (exact) mass is 467 g/mol. The molecule has 34 heavy (non-hydrogen) atoms. The normalized spacial score (nSPS) is 14.3. The molecule has 3 aromatic rings. The molecule has 0 radical (unpaired) electrons. The molecule has 5 nitrogen and oxygen atoms in total. The fourth-order valence-corrected chi connectivity index (χ4v) is 3.93. The van der Waals surface area contributed by atoms with Crippen LogP contribution in [0.4, 0.5) is 29.3 Å². The number of alkyl halides is 3. The van der Waals surface area contributed by atoms with E-state index in [0.29, 0.717) is 25.3 Å². The van der Waals surface area contributed by atoms with Gasteiger partial charge in [0.2, 0.25) is 0 Å². The molecule has 0 saturated carbocycles. The van der Waals surface area contributed by atoms with E-state index in [0.717, 1.165) is 29.7 Å².